The Labute approximate surface area is 101 Å². The highest BCUT2D eigenvalue weighted by Gasteiger charge is 2.31. The van der Waals surface area contributed by atoms with Gasteiger partial charge in [-0.2, -0.15) is 0 Å². The molecule has 0 saturated carbocycles. The molecule has 0 spiro atoms. The van der Waals surface area contributed by atoms with Crippen molar-refractivity contribution in [2.24, 2.45) is 5.92 Å². The molecule has 1 saturated heterocycles. The molecule has 0 N–H and O–H groups in total. The Balaban J connectivity index is 2.23. The minimum Gasteiger partial charge on any atom is -0.306 e. The van der Waals surface area contributed by atoms with Crippen molar-refractivity contribution in [3.8, 4) is 0 Å². The molecule has 1 aromatic rings. The Bertz CT molecular complexity index is 401. The molecular weight excluding hydrogens is 217 g/mol. The van der Waals surface area contributed by atoms with Crippen molar-refractivity contribution >= 4 is 5.78 Å². The number of carbonyl (C=O) groups excluding carboxylic acids is 1. The van der Waals surface area contributed by atoms with Crippen LogP contribution in [0.2, 0.25) is 0 Å². The maximum Gasteiger partial charge on any atom is 0.134 e. The van der Waals surface area contributed by atoms with Gasteiger partial charge in [-0.1, -0.05) is 12.1 Å². The number of hydrogen-bond acceptors (Lipinski definition) is 2. The number of likely N-dealkylation sites (tertiary alicyclic amines) is 1. The number of rotatable bonds is 2. The molecule has 0 bridgehead atoms. The summed E-state index contributed by atoms with van der Waals surface area (Å²) in [5.41, 5.74) is 1.08. The SMILES string of the molecule is CC(=O)[C@H]1CN(C)CCC1c1ccc(F)cc1. The quantitative estimate of drug-likeness (QED) is 0.784. The first kappa shape index (κ1) is 12.2. The Hall–Kier alpha value is -1.22. The van der Waals surface area contributed by atoms with Gasteiger partial charge in [0.2, 0.25) is 0 Å². The third-order valence-electron chi connectivity index (χ3n) is 3.64. The minimum absolute atomic E-state index is 0.0409. The number of carbonyl (C=O) groups is 1. The number of hydrogen-bond donors (Lipinski definition) is 0. The van der Waals surface area contributed by atoms with Gasteiger partial charge in [0.1, 0.15) is 11.6 Å². The molecule has 17 heavy (non-hydrogen) atoms. The van der Waals surface area contributed by atoms with Gasteiger partial charge < -0.3 is 4.90 Å². The molecule has 1 aromatic carbocycles. The summed E-state index contributed by atoms with van der Waals surface area (Å²) in [6, 6.07) is 6.57. The molecule has 2 rings (SSSR count). The van der Waals surface area contributed by atoms with Crippen LogP contribution in [0.15, 0.2) is 24.3 Å². The molecule has 1 aliphatic heterocycles. The van der Waals surface area contributed by atoms with E-state index in [1.165, 1.54) is 12.1 Å². The fourth-order valence-corrected chi connectivity index (χ4v) is 2.64. The van der Waals surface area contributed by atoms with Crippen molar-refractivity contribution in [3.05, 3.63) is 35.6 Å². The van der Waals surface area contributed by atoms with E-state index in [0.717, 1.165) is 25.1 Å². The van der Waals surface area contributed by atoms with Crippen molar-refractivity contribution < 1.29 is 9.18 Å². The summed E-state index contributed by atoms with van der Waals surface area (Å²) in [6.07, 6.45) is 0.965. The number of Topliss-reactive ketones (excluding diaryl/α,β-unsaturated/α-hetero) is 1. The second kappa shape index (κ2) is 4.96. The zero-order chi connectivity index (χ0) is 12.4. The van der Waals surface area contributed by atoms with Gasteiger partial charge >= 0.3 is 0 Å². The third kappa shape index (κ3) is 2.72. The largest absolute Gasteiger partial charge is 0.306 e. The van der Waals surface area contributed by atoms with E-state index in [4.69, 9.17) is 0 Å². The van der Waals surface area contributed by atoms with Gasteiger partial charge in [0.15, 0.2) is 0 Å². The molecular formula is C14H18FNO. The lowest BCUT2D eigenvalue weighted by Gasteiger charge is -2.35. The summed E-state index contributed by atoms with van der Waals surface area (Å²) in [5.74, 6) is 0.287. The molecule has 0 aromatic heterocycles. The van der Waals surface area contributed by atoms with Crippen molar-refractivity contribution in [2.45, 2.75) is 19.3 Å². The second-order valence-corrected chi connectivity index (χ2v) is 4.93. The van der Waals surface area contributed by atoms with Crippen LogP contribution >= 0.6 is 0 Å². The molecule has 0 radical (unpaired) electrons. The van der Waals surface area contributed by atoms with E-state index in [1.54, 1.807) is 19.1 Å². The Morgan fingerprint density at radius 3 is 2.59 bits per heavy atom. The Morgan fingerprint density at radius 1 is 1.35 bits per heavy atom. The lowest BCUT2D eigenvalue weighted by atomic mass is 9.79. The van der Waals surface area contributed by atoms with E-state index in [9.17, 15) is 9.18 Å². The fourth-order valence-electron chi connectivity index (χ4n) is 2.64. The molecule has 92 valence electrons. The molecule has 2 atom stereocenters. The highest BCUT2D eigenvalue weighted by atomic mass is 19.1. The lowest BCUT2D eigenvalue weighted by Crippen LogP contribution is -2.40. The summed E-state index contributed by atoms with van der Waals surface area (Å²) in [5, 5.41) is 0. The predicted molar refractivity (Wildman–Crippen MR) is 65.4 cm³/mol. The summed E-state index contributed by atoms with van der Waals surface area (Å²) in [4.78, 5) is 13.9. The van der Waals surface area contributed by atoms with Crippen molar-refractivity contribution in [1.82, 2.24) is 4.90 Å². The van der Waals surface area contributed by atoms with E-state index >= 15 is 0 Å². The van der Waals surface area contributed by atoms with E-state index < -0.39 is 0 Å². The van der Waals surface area contributed by atoms with Crippen LogP contribution in [0.5, 0.6) is 0 Å². The standard InChI is InChI=1S/C14H18FNO/c1-10(17)14-9-16(2)8-7-13(14)11-3-5-12(15)6-4-11/h3-6,13-14H,7-9H2,1-2H3/t13?,14-/m1/s1. The summed E-state index contributed by atoms with van der Waals surface area (Å²) in [7, 11) is 2.04. The van der Waals surface area contributed by atoms with Gasteiger partial charge in [-0.05, 0) is 50.6 Å². The zero-order valence-electron chi connectivity index (χ0n) is 10.3. The van der Waals surface area contributed by atoms with E-state index in [0.29, 0.717) is 0 Å². The monoisotopic (exact) mass is 235 g/mol. The van der Waals surface area contributed by atoms with Crippen LogP contribution in [0.3, 0.4) is 0 Å². The molecule has 0 amide bonds. The number of halogens is 1. The first-order valence-corrected chi connectivity index (χ1v) is 6.02. The second-order valence-electron chi connectivity index (χ2n) is 4.93. The summed E-state index contributed by atoms with van der Waals surface area (Å²) in [6.45, 7) is 3.45. The van der Waals surface area contributed by atoms with Crippen LogP contribution in [0.1, 0.15) is 24.8 Å². The number of benzene rings is 1. The van der Waals surface area contributed by atoms with E-state index in [2.05, 4.69) is 4.90 Å². The molecule has 1 aliphatic rings. The zero-order valence-corrected chi connectivity index (χ0v) is 10.3. The van der Waals surface area contributed by atoms with Crippen LogP contribution in [0.25, 0.3) is 0 Å². The maximum absolute atomic E-state index is 12.9. The summed E-state index contributed by atoms with van der Waals surface area (Å²) >= 11 is 0. The van der Waals surface area contributed by atoms with Gasteiger partial charge in [0, 0.05) is 12.5 Å². The van der Waals surface area contributed by atoms with Crippen molar-refractivity contribution in [3.63, 3.8) is 0 Å². The highest BCUT2D eigenvalue weighted by Crippen LogP contribution is 2.33. The smallest absolute Gasteiger partial charge is 0.134 e. The van der Waals surface area contributed by atoms with Crippen molar-refractivity contribution in [1.29, 1.82) is 0 Å². The molecule has 1 unspecified atom stereocenters. The van der Waals surface area contributed by atoms with Crippen LogP contribution in [-0.4, -0.2) is 30.8 Å². The molecule has 2 nitrogen and oxygen atoms in total. The van der Waals surface area contributed by atoms with Gasteiger partial charge in [0.05, 0.1) is 0 Å². The first-order chi connectivity index (χ1) is 8.08. The number of piperidine rings is 1. The van der Waals surface area contributed by atoms with Gasteiger partial charge in [-0.25, -0.2) is 4.39 Å². The maximum atomic E-state index is 12.9. The Morgan fingerprint density at radius 2 is 2.00 bits per heavy atom. The van der Waals surface area contributed by atoms with Crippen LogP contribution < -0.4 is 0 Å². The van der Waals surface area contributed by atoms with Gasteiger partial charge in [0.25, 0.3) is 0 Å². The molecule has 3 heteroatoms. The molecule has 1 fully saturated rings. The van der Waals surface area contributed by atoms with Crippen LogP contribution in [0, 0.1) is 11.7 Å². The Kier molecular flexibility index (Phi) is 3.57. The third-order valence-corrected chi connectivity index (χ3v) is 3.64. The minimum atomic E-state index is -0.221. The highest BCUT2D eigenvalue weighted by molar-refractivity contribution is 5.79. The lowest BCUT2D eigenvalue weighted by molar-refractivity contribution is -0.122. The average Bonchev–Trinajstić information content (AvgIpc) is 2.30. The van der Waals surface area contributed by atoms with Gasteiger partial charge in [-0.3, -0.25) is 4.79 Å². The predicted octanol–water partition coefficient (Wildman–Crippen LogP) is 2.45. The van der Waals surface area contributed by atoms with Crippen LogP contribution in [0.4, 0.5) is 4.39 Å². The number of nitrogens with zero attached hydrogens (tertiary/aromatic N) is 1. The van der Waals surface area contributed by atoms with Crippen LogP contribution in [-0.2, 0) is 4.79 Å². The first-order valence-electron chi connectivity index (χ1n) is 6.02. The molecule has 0 aliphatic carbocycles. The topological polar surface area (TPSA) is 20.3 Å². The van der Waals surface area contributed by atoms with E-state index in [1.807, 2.05) is 7.05 Å². The van der Waals surface area contributed by atoms with Gasteiger partial charge in [-0.15, -0.1) is 0 Å². The molecule has 1 heterocycles. The number of ketones is 1. The van der Waals surface area contributed by atoms with Crippen molar-refractivity contribution in [2.75, 3.05) is 20.1 Å². The average molecular weight is 235 g/mol. The fraction of sp³-hybridized carbons (Fsp3) is 0.500. The summed E-state index contributed by atoms with van der Waals surface area (Å²) < 4.78 is 12.9. The van der Waals surface area contributed by atoms with E-state index in [-0.39, 0.29) is 23.4 Å². The normalized spacial score (nSPS) is 25.8.